The molecule has 0 spiro atoms. The van der Waals surface area contributed by atoms with Gasteiger partial charge in [-0.3, -0.25) is 4.79 Å². The van der Waals surface area contributed by atoms with E-state index >= 15 is 0 Å². The third kappa shape index (κ3) is 25.5. The van der Waals surface area contributed by atoms with Crippen LogP contribution < -0.4 is 0 Å². The van der Waals surface area contributed by atoms with E-state index in [9.17, 15) is 15.0 Å². The van der Waals surface area contributed by atoms with Gasteiger partial charge in [-0.05, 0) is 32.1 Å². The van der Waals surface area contributed by atoms with E-state index < -0.39 is 5.97 Å². The minimum absolute atomic E-state index is 0.226. The van der Waals surface area contributed by atoms with E-state index in [4.69, 9.17) is 5.11 Å². The average molecular weight is 443 g/mol. The van der Waals surface area contributed by atoms with Crippen LogP contribution >= 0.6 is 0 Å². The maximum atomic E-state index is 10.4. The number of rotatable bonds is 25. The Morgan fingerprint density at radius 2 is 0.839 bits per heavy atom. The van der Waals surface area contributed by atoms with Gasteiger partial charge in [-0.2, -0.15) is 0 Å². The van der Waals surface area contributed by atoms with E-state index in [0.29, 0.717) is 6.42 Å². The van der Waals surface area contributed by atoms with Crippen molar-refractivity contribution >= 4 is 5.97 Å². The first kappa shape index (κ1) is 30.4. The summed E-state index contributed by atoms with van der Waals surface area (Å²) in [6.45, 7) is 2.14. The summed E-state index contributed by atoms with van der Waals surface area (Å²) in [5.41, 5.74) is 0. The van der Waals surface area contributed by atoms with Gasteiger partial charge >= 0.3 is 5.97 Å². The van der Waals surface area contributed by atoms with Crippen molar-refractivity contribution in [1.82, 2.24) is 0 Å². The molecule has 0 aromatic rings. The van der Waals surface area contributed by atoms with Crippen molar-refractivity contribution in [2.24, 2.45) is 0 Å². The van der Waals surface area contributed by atoms with Gasteiger partial charge in [0.05, 0.1) is 12.2 Å². The lowest BCUT2D eigenvalue weighted by Gasteiger charge is -2.14. The molecule has 0 heterocycles. The molecule has 0 aromatic carbocycles. The Morgan fingerprint density at radius 1 is 0.516 bits per heavy atom. The molecule has 186 valence electrons. The monoisotopic (exact) mass is 442 g/mol. The molecule has 4 heteroatoms. The number of carboxylic acid groups (broad SMARTS) is 1. The number of hydrogen-bond acceptors (Lipinski definition) is 3. The summed E-state index contributed by atoms with van der Waals surface area (Å²) in [7, 11) is 0. The van der Waals surface area contributed by atoms with Crippen molar-refractivity contribution in [1.29, 1.82) is 0 Å². The van der Waals surface area contributed by atoms with Gasteiger partial charge in [0.2, 0.25) is 0 Å². The molecule has 31 heavy (non-hydrogen) atoms. The topological polar surface area (TPSA) is 77.8 Å². The summed E-state index contributed by atoms with van der Waals surface area (Å²) in [5, 5.41) is 28.5. The van der Waals surface area contributed by atoms with Crippen molar-refractivity contribution < 1.29 is 20.1 Å². The second-order valence-corrected chi connectivity index (χ2v) is 9.62. The molecule has 0 aliphatic heterocycles. The van der Waals surface area contributed by atoms with Crippen LogP contribution in [0.25, 0.3) is 0 Å². The first-order chi connectivity index (χ1) is 15.1. The lowest BCUT2D eigenvalue weighted by Crippen LogP contribution is -2.13. The van der Waals surface area contributed by atoms with Crippen LogP contribution in [0.1, 0.15) is 155 Å². The van der Waals surface area contributed by atoms with Crippen LogP contribution in [0.2, 0.25) is 0 Å². The minimum atomic E-state index is -0.666. The van der Waals surface area contributed by atoms with Crippen LogP contribution in [0.4, 0.5) is 0 Å². The van der Waals surface area contributed by atoms with Crippen LogP contribution in [0.15, 0.2) is 0 Å². The predicted octanol–water partition coefficient (Wildman–Crippen LogP) is 7.79. The number of aliphatic hydroxyl groups excluding tert-OH is 2. The number of carboxylic acids is 1. The number of carbonyl (C=O) groups is 1. The summed E-state index contributed by atoms with van der Waals surface area (Å²) < 4.78 is 0. The molecule has 0 aliphatic rings. The minimum Gasteiger partial charge on any atom is -0.481 e. The highest BCUT2D eigenvalue weighted by Gasteiger charge is 2.09. The van der Waals surface area contributed by atoms with Gasteiger partial charge < -0.3 is 15.3 Å². The number of unbranched alkanes of at least 4 members (excludes halogenated alkanes) is 16. The summed E-state index contributed by atoms with van der Waals surface area (Å²) in [5.74, 6) is -0.666. The van der Waals surface area contributed by atoms with E-state index in [1.807, 2.05) is 0 Å². The van der Waals surface area contributed by atoms with Crippen molar-refractivity contribution in [2.45, 2.75) is 167 Å². The second kappa shape index (κ2) is 24.0. The van der Waals surface area contributed by atoms with Crippen molar-refractivity contribution in [3.63, 3.8) is 0 Å². The quantitative estimate of drug-likeness (QED) is 0.126. The molecular weight excluding hydrogens is 388 g/mol. The molecule has 0 saturated carbocycles. The molecule has 0 bridgehead atoms. The Morgan fingerprint density at radius 3 is 1.19 bits per heavy atom. The van der Waals surface area contributed by atoms with Gasteiger partial charge in [-0.15, -0.1) is 0 Å². The standard InChI is InChI=1S/C27H54O4/c1-2-3-20-25(28)23-24-26(29)21-18-16-14-12-10-8-6-4-5-7-9-11-13-15-17-19-22-27(30)31/h25-26,28-29H,2-24H2,1H3,(H,30,31). The molecule has 0 aliphatic carbocycles. The molecule has 2 atom stereocenters. The molecule has 2 unspecified atom stereocenters. The summed E-state index contributed by atoms with van der Waals surface area (Å²) in [4.78, 5) is 10.4. The molecule has 4 nitrogen and oxygen atoms in total. The van der Waals surface area contributed by atoms with Crippen LogP contribution in [-0.4, -0.2) is 33.5 Å². The lowest BCUT2D eigenvalue weighted by atomic mass is 10.0. The number of hydrogen-bond donors (Lipinski definition) is 3. The maximum absolute atomic E-state index is 10.4. The first-order valence-electron chi connectivity index (χ1n) is 13.6. The van der Waals surface area contributed by atoms with E-state index in [-0.39, 0.29) is 12.2 Å². The Bertz CT molecular complexity index is 372. The summed E-state index contributed by atoms with van der Waals surface area (Å²) in [6, 6.07) is 0. The highest BCUT2D eigenvalue weighted by molar-refractivity contribution is 5.66. The van der Waals surface area contributed by atoms with Crippen LogP contribution in [-0.2, 0) is 4.79 Å². The first-order valence-corrected chi connectivity index (χ1v) is 13.6. The predicted molar refractivity (Wildman–Crippen MR) is 132 cm³/mol. The van der Waals surface area contributed by atoms with Gasteiger partial charge in [-0.1, -0.05) is 116 Å². The van der Waals surface area contributed by atoms with Gasteiger partial charge in [0.25, 0.3) is 0 Å². The number of aliphatic carboxylic acids is 1. The fourth-order valence-corrected chi connectivity index (χ4v) is 4.24. The van der Waals surface area contributed by atoms with E-state index in [0.717, 1.165) is 57.8 Å². The van der Waals surface area contributed by atoms with E-state index in [2.05, 4.69) is 6.92 Å². The lowest BCUT2D eigenvalue weighted by molar-refractivity contribution is -0.137. The molecule has 0 amide bonds. The van der Waals surface area contributed by atoms with Crippen LogP contribution in [0.5, 0.6) is 0 Å². The summed E-state index contributed by atoms with van der Waals surface area (Å²) >= 11 is 0. The van der Waals surface area contributed by atoms with Crippen LogP contribution in [0, 0.1) is 0 Å². The zero-order valence-corrected chi connectivity index (χ0v) is 20.7. The number of aliphatic hydroxyl groups is 2. The smallest absolute Gasteiger partial charge is 0.303 e. The maximum Gasteiger partial charge on any atom is 0.303 e. The van der Waals surface area contributed by atoms with Crippen LogP contribution in [0.3, 0.4) is 0 Å². The fraction of sp³-hybridized carbons (Fsp3) is 0.963. The zero-order chi connectivity index (χ0) is 23.0. The second-order valence-electron chi connectivity index (χ2n) is 9.62. The molecule has 0 aromatic heterocycles. The fourth-order valence-electron chi connectivity index (χ4n) is 4.24. The normalized spacial score (nSPS) is 13.4. The molecule has 0 fully saturated rings. The molecule has 0 rings (SSSR count). The molecule has 3 N–H and O–H groups in total. The largest absolute Gasteiger partial charge is 0.481 e. The summed E-state index contributed by atoms with van der Waals surface area (Å²) in [6.07, 6.45) is 25.5. The van der Waals surface area contributed by atoms with E-state index in [1.165, 1.54) is 83.5 Å². The molecule has 0 saturated heterocycles. The molecule has 0 radical (unpaired) electrons. The van der Waals surface area contributed by atoms with Crippen molar-refractivity contribution in [3.8, 4) is 0 Å². The Kier molecular flexibility index (Phi) is 23.6. The Hall–Kier alpha value is -0.610. The SMILES string of the molecule is CCCCC(O)CCC(O)CCCCCCCCCCCCCCCCCCC(=O)O. The van der Waals surface area contributed by atoms with Crippen molar-refractivity contribution in [2.75, 3.05) is 0 Å². The van der Waals surface area contributed by atoms with Gasteiger partial charge in [-0.25, -0.2) is 0 Å². The third-order valence-electron chi connectivity index (χ3n) is 6.40. The van der Waals surface area contributed by atoms with E-state index in [1.54, 1.807) is 0 Å². The van der Waals surface area contributed by atoms with Gasteiger partial charge in [0.15, 0.2) is 0 Å². The Balaban J connectivity index is 3.17. The zero-order valence-electron chi connectivity index (χ0n) is 20.7. The van der Waals surface area contributed by atoms with Crippen molar-refractivity contribution in [3.05, 3.63) is 0 Å². The average Bonchev–Trinajstić information content (AvgIpc) is 2.75. The molecular formula is C27H54O4. The highest BCUT2D eigenvalue weighted by Crippen LogP contribution is 2.16. The van der Waals surface area contributed by atoms with Gasteiger partial charge in [0, 0.05) is 6.42 Å². The highest BCUT2D eigenvalue weighted by atomic mass is 16.4. The third-order valence-corrected chi connectivity index (χ3v) is 6.40. The Labute approximate surface area is 193 Å². The van der Waals surface area contributed by atoms with Gasteiger partial charge in [0.1, 0.15) is 0 Å².